The normalized spacial score (nSPS) is 14.2. The zero-order chi connectivity index (χ0) is 44.8. The zero-order valence-electron chi connectivity index (χ0n) is 37.0. The minimum Gasteiger partial charge on any atom is -0.309 e. The number of aromatic nitrogens is 3. The van der Waals surface area contributed by atoms with E-state index in [0.29, 0.717) is 5.82 Å². The molecular weight excluding hydrogens is 823 g/mol. The zero-order valence-corrected chi connectivity index (χ0v) is 37.0. The topological polar surface area (TPSA) is 30.7 Å². The second-order valence-electron chi connectivity index (χ2n) is 18.0. The molecule has 14 rings (SSSR count). The average molecular weight is 864 g/mol. The van der Waals surface area contributed by atoms with Crippen LogP contribution >= 0.6 is 0 Å². The van der Waals surface area contributed by atoms with Gasteiger partial charge in [-0.15, -0.1) is 0 Å². The summed E-state index contributed by atoms with van der Waals surface area (Å²) in [5.74, 6) is 0.684. The molecule has 1 aliphatic heterocycles. The molecule has 316 valence electrons. The highest BCUT2D eigenvalue weighted by atomic mass is 15.0. The molecule has 0 amide bonds. The summed E-state index contributed by atoms with van der Waals surface area (Å²) in [6.45, 7) is 0. The maximum atomic E-state index is 5.35. The molecule has 0 N–H and O–H groups in total. The van der Waals surface area contributed by atoms with Gasteiger partial charge in [-0.05, 0) is 91.0 Å². The van der Waals surface area contributed by atoms with Crippen LogP contribution in [-0.4, -0.2) is 14.5 Å². The van der Waals surface area contributed by atoms with E-state index in [1.807, 2.05) is 0 Å². The van der Waals surface area contributed by atoms with E-state index >= 15 is 0 Å². The highest BCUT2D eigenvalue weighted by Crippen LogP contribution is 2.62. The monoisotopic (exact) mass is 863 g/mol. The first kappa shape index (κ1) is 38.4. The Hall–Kier alpha value is -8.92. The summed E-state index contributed by atoms with van der Waals surface area (Å²) in [6, 6.07) is 90.4. The molecule has 2 aromatic heterocycles. The predicted molar refractivity (Wildman–Crippen MR) is 280 cm³/mol. The van der Waals surface area contributed by atoms with E-state index in [1.165, 1.54) is 88.7 Å². The van der Waals surface area contributed by atoms with E-state index in [9.17, 15) is 0 Å². The van der Waals surface area contributed by atoms with E-state index in [2.05, 4.69) is 253 Å². The lowest BCUT2D eigenvalue weighted by Gasteiger charge is -2.39. The number of benzene rings is 10. The van der Waals surface area contributed by atoms with E-state index < -0.39 is 5.41 Å². The summed E-state index contributed by atoms with van der Waals surface area (Å²) in [4.78, 5) is 10.7. The Bertz CT molecular complexity index is 3840. The summed E-state index contributed by atoms with van der Waals surface area (Å²) in [5.41, 5.74) is 22.8. The second-order valence-corrected chi connectivity index (χ2v) is 18.0. The summed E-state index contributed by atoms with van der Waals surface area (Å²) in [5, 5.41) is 2.55. The molecule has 2 aliphatic rings. The fraction of sp³-hybridized carbons (Fsp3) is 0.0154. The molecule has 0 bridgehead atoms. The molecule has 0 radical (unpaired) electrons. The molecule has 1 atom stereocenters. The molecule has 3 heterocycles. The Labute approximate surface area is 395 Å². The largest absolute Gasteiger partial charge is 0.309 e. The van der Waals surface area contributed by atoms with Gasteiger partial charge in [-0.1, -0.05) is 224 Å². The van der Waals surface area contributed by atoms with Crippen LogP contribution in [0.3, 0.4) is 0 Å². The standard InChI is InChI=1S/C65H41N3/c1-3-16-42(17-4-1)44-32-36-46(37-33-44)58-41-59(47-38-34-45(35-39-47)43-18-5-2-6-19-43)67-64(66-58)49-21-13-20-48(40-49)50-24-14-28-56-62(50)53-23-7-9-26-54(53)65(56)55-27-10-12-31-61(55)68-60-30-11-8-22-51(60)52-25-15-29-57(65)63(52)68/h1-41H. The third-order valence-corrected chi connectivity index (χ3v) is 14.5. The average Bonchev–Trinajstić information content (AvgIpc) is 3.92. The Morgan fingerprint density at radius 3 is 1.51 bits per heavy atom. The highest BCUT2D eigenvalue weighted by Gasteiger charge is 2.51. The SMILES string of the molecule is c1ccc(-c2ccc(-c3cc(-c4ccc(-c5ccccc5)cc4)nc(-c4cccc(-c5cccc6c5-c5ccccc5C65c6ccccc6-n6c7ccccc7c7cccc5c76)c4)n3)cc2)cc1. The molecule has 0 saturated carbocycles. The third kappa shape index (κ3) is 5.66. The number of rotatable bonds is 6. The van der Waals surface area contributed by atoms with Crippen molar-refractivity contribution in [2.24, 2.45) is 0 Å². The van der Waals surface area contributed by atoms with Crippen LogP contribution in [0.4, 0.5) is 0 Å². The lowest BCUT2D eigenvalue weighted by atomic mass is 9.65. The van der Waals surface area contributed by atoms with Crippen molar-refractivity contribution in [3.63, 3.8) is 0 Å². The first-order chi connectivity index (χ1) is 33.7. The molecule has 1 spiro atoms. The molecule has 1 unspecified atom stereocenters. The van der Waals surface area contributed by atoms with Crippen molar-refractivity contribution in [1.82, 2.24) is 14.5 Å². The van der Waals surface area contributed by atoms with Crippen LogP contribution in [0.5, 0.6) is 0 Å². The van der Waals surface area contributed by atoms with Crippen molar-refractivity contribution in [2.75, 3.05) is 0 Å². The van der Waals surface area contributed by atoms with E-state index in [1.54, 1.807) is 0 Å². The van der Waals surface area contributed by atoms with E-state index in [-0.39, 0.29) is 0 Å². The number of hydrogen-bond acceptors (Lipinski definition) is 2. The number of nitrogens with zero attached hydrogens (tertiary/aromatic N) is 3. The summed E-state index contributed by atoms with van der Waals surface area (Å²) >= 11 is 0. The lowest BCUT2D eigenvalue weighted by Crippen LogP contribution is -2.33. The third-order valence-electron chi connectivity index (χ3n) is 14.5. The van der Waals surface area contributed by atoms with Crippen molar-refractivity contribution in [2.45, 2.75) is 5.41 Å². The van der Waals surface area contributed by atoms with Gasteiger partial charge in [0.05, 0.1) is 33.5 Å². The van der Waals surface area contributed by atoms with E-state index in [4.69, 9.17) is 9.97 Å². The first-order valence-electron chi connectivity index (χ1n) is 23.4. The van der Waals surface area contributed by atoms with Crippen LogP contribution in [0, 0.1) is 0 Å². The Balaban J connectivity index is 0.943. The van der Waals surface area contributed by atoms with Crippen molar-refractivity contribution in [1.29, 1.82) is 0 Å². The minimum absolute atomic E-state index is 0.529. The maximum Gasteiger partial charge on any atom is 0.160 e. The molecule has 1 aliphatic carbocycles. The molecule has 0 saturated heterocycles. The van der Waals surface area contributed by atoms with Gasteiger partial charge in [-0.25, -0.2) is 9.97 Å². The molecule has 3 heteroatoms. The highest BCUT2D eigenvalue weighted by molar-refractivity contribution is 6.13. The molecule has 10 aromatic carbocycles. The minimum atomic E-state index is -0.529. The number of fused-ring (bicyclic) bond motifs is 12. The lowest BCUT2D eigenvalue weighted by molar-refractivity contribution is 0.748. The Morgan fingerprint density at radius 2 is 0.794 bits per heavy atom. The molecule has 68 heavy (non-hydrogen) atoms. The summed E-state index contributed by atoms with van der Waals surface area (Å²) in [6.07, 6.45) is 0. The van der Waals surface area contributed by atoms with Gasteiger partial charge in [0.2, 0.25) is 0 Å². The van der Waals surface area contributed by atoms with Crippen LogP contribution < -0.4 is 0 Å². The molecule has 0 fully saturated rings. The van der Waals surface area contributed by atoms with Crippen molar-refractivity contribution >= 4 is 21.8 Å². The molecular formula is C65H41N3. The van der Waals surface area contributed by atoms with Gasteiger partial charge in [0.15, 0.2) is 5.82 Å². The summed E-state index contributed by atoms with van der Waals surface area (Å²) < 4.78 is 2.51. The fourth-order valence-electron chi connectivity index (χ4n) is 11.5. The predicted octanol–water partition coefficient (Wildman–Crippen LogP) is 16.3. The van der Waals surface area contributed by atoms with Gasteiger partial charge in [-0.2, -0.15) is 0 Å². The van der Waals surface area contributed by atoms with Crippen molar-refractivity contribution < 1.29 is 0 Å². The van der Waals surface area contributed by atoms with Crippen LogP contribution in [0.2, 0.25) is 0 Å². The number of hydrogen-bond donors (Lipinski definition) is 0. The maximum absolute atomic E-state index is 5.35. The number of para-hydroxylation sites is 3. The fourth-order valence-corrected chi connectivity index (χ4v) is 11.5. The second kappa shape index (κ2) is 15.1. The quantitative estimate of drug-likeness (QED) is 0.167. The van der Waals surface area contributed by atoms with Crippen LogP contribution in [0.25, 0.3) is 106 Å². The van der Waals surface area contributed by atoms with Gasteiger partial charge < -0.3 is 4.57 Å². The van der Waals surface area contributed by atoms with Crippen molar-refractivity contribution in [3.8, 4) is 84.1 Å². The van der Waals surface area contributed by atoms with Gasteiger partial charge in [0.25, 0.3) is 0 Å². The molecule has 12 aromatic rings. The van der Waals surface area contributed by atoms with Gasteiger partial charge in [0, 0.05) is 27.5 Å². The van der Waals surface area contributed by atoms with Crippen LogP contribution in [0.1, 0.15) is 22.3 Å². The van der Waals surface area contributed by atoms with Gasteiger partial charge >= 0.3 is 0 Å². The van der Waals surface area contributed by atoms with Crippen LogP contribution in [-0.2, 0) is 5.41 Å². The molecule has 3 nitrogen and oxygen atoms in total. The van der Waals surface area contributed by atoms with E-state index in [0.717, 1.165) is 33.6 Å². The van der Waals surface area contributed by atoms with Gasteiger partial charge in [0.1, 0.15) is 0 Å². The first-order valence-corrected chi connectivity index (χ1v) is 23.4. The van der Waals surface area contributed by atoms with Crippen molar-refractivity contribution in [3.05, 3.63) is 271 Å². The smallest absolute Gasteiger partial charge is 0.160 e. The Kier molecular flexibility index (Phi) is 8.50. The Morgan fingerprint density at radius 1 is 0.309 bits per heavy atom. The summed E-state index contributed by atoms with van der Waals surface area (Å²) in [7, 11) is 0. The van der Waals surface area contributed by atoms with Crippen LogP contribution in [0.15, 0.2) is 249 Å². The van der Waals surface area contributed by atoms with Gasteiger partial charge in [-0.3, -0.25) is 0 Å².